The van der Waals surface area contributed by atoms with Crippen LogP contribution in [0, 0.1) is 13.8 Å². The van der Waals surface area contributed by atoms with Crippen molar-refractivity contribution in [2.24, 2.45) is 0 Å². The Bertz CT molecular complexity index is 6530. The summed E-state index contributed by atoms with van der Waals surface area (Å²) in [4.78, 5) is 150. The van der Waals surface area contributed by atoms with Crippen molar-refractivity contribution in [3.63, 3.8) is 0 Å². The number of unbranched alkanes of at least 4 members (excludes halogenated alkanes) is 3. The fraction of sp³-hybridized carbons (Fsp3) is 0.0918. The number of hydrogen-bond donors (Lipinski definition) is 7. The molecular weight excluding hydrogens is 1840 g/mol. The monoisotopic (exact) mass is 1930 g/mol. The first kappa shape index (κ1) is 105. The molecule has 0 bridgehead atoms. The molecular formula is C98H93O28P7. The quantitative estimate of drug-likeness (QED) is 0.0206. The smallest absolute Gasteiger partial charge is 0.388 e. The molecule has 0 spiro atoms. The number of rotatable bonds is 25. The van der Waals surface area contributed by atoms with Crippen LogP contribution in [-0.2, 0) is 63.6 Å². The van der Waals surface area contributed by atoms with Crippen molar-refractivity contribution in [1.82, 2.24) is 0 Å². The van der Waals surface area contributed by atoms with Crippen molar-refractivity contribution in [3.05, 3.63) is 438 Å². The third kappa shape index (κ3) is 35.9. The molecule has 0 saturated carbocycles. The SMILES string of the molecule is CCCCCCP(=O)(O)OC(=O)c1ccccc1.CP(=O)(O)OC(=O)c1ccccc1.Cc1ccc(P(=O)(O)OC(=O)c2ccccc2)cc1.Cc1cccc(P(=O)(O)OC(=O)c2ccccc2)c1.O=C(OP(=O)(O)c1ccc(-c2ccccc2)cc1)c1ccccc1.O=C(OP(=O)(O)c1ccc2ccccc2c1)c1ccccc1.O=C(OP(=O)(O)c1ccccc1)c1ccccc1. The third-order valence-electron chi connectivity index (χ3n) is 18.0. The maximum absolute atomic E-state index is 12.4. The molecule has 0 radical (unpaired) electrons. The summed E-state index contributed by atoms with van der Waals surface area (Å²) in [6, 6.07) is 106. The van der Waals surface area contributed by atoms with Gasteiger partial charge in [-0.15, -0.1) is 0 Å². The van der Waals surface area contributed by atoms with E-state index in [-0.39, 0.29) is 66.1 Å². The lowest BCUT2D eigenvalue weighted by atomic mass is 10.1. The van der Waals surface area contributed by atoms with Gasteiger partial charge in [0.1, 0.15) is 0 Å². The van der Waals surface area contributed by atoms with Gasteiger partial charge in [-0.3, -0.25) is 0 Å². The fourth-order valence-corrected chi connectivity index (χ4v) is 17.7. The van der Waals surface area contributed by atoms with E-state index in [4.69, 9.17) is 23.0 Å². The molecule has 688 valence electrons. The summed E-state index contributed by atoms with van der Waals surface area (Å²) in [7, 11) is -28.4. The van der Waals surface area contributed by atoms with Gasteiger partial charge in [0, 0.05) is 6.66 Å². The standard InChI is InChI=1S/C19H15O4P.C17H13O4P.2C14H13O4P.C13H11O4P.C13H19O4P.C8H9O4P/c20-19(17-9-5-2-6-10-17)23-24(21,22)18-13-11-16(12-14-18)15-7-3-1-4-8-15;18-17(14-7-2-1-3-8-14)21-22(19,20)16-11-10-13-6-4-5-9-15(13)12-16;1-11-6-5-9-13(10-11)19(16,17)18-14(15)12-7-3-2-4-8-12;1-11-7-9-13(10-8-11)19(16,17)18-14(15)12-5-3-2-4-6-12;14-13(11-7-3-1-4-8-11)17-18(15,16)12-9-5-2-6-10-12;1-2-3-4-8-11-18(15,16)17-13(14)12-9-6-5-7-10-12;1-13(10,11)12-8(9)7-5-3-2-4-6-7/h1-14H,(H,21,22);1-12H,(H,19,20);2*2-10H,1H3,(H,16,17);1-10H,(H,15,16);5-7,9-10H,2-4,8,11H2,1H3,(H,15,16);2-6H,1H3,(H,10,11). The lowest BCUT2D eigenvalue weighted by molar-refractivity contribution is 0.0705. The van der Waals surface area contributed by atoms with Gasteiger partial charge in [-0.05, 0) is 188 Å². The summed E-state index contributed by atoms with van der Waals surface area (Å²) in [6.07, 6.45) is 3.59. The topological polar surface area (TPSA) is 445 Å². The Balaban J connectivity index is 0.000000192. The molecule has 0 heterocycles. The van der Waals surface area contributed by atoms with Gasteiger partial charge < -0.3 is 65.9 Å². The molecule has 0 aliphatic carbocycles. The zero-order chi connectivity index (χ0) is 96.7. The lowest BCUT2D eigenvalue weighted by Crippen LogP contribution is -2.12. The van der Waals surface area contributed by atoms with E-state index in [0.717, 1.165) is 59.0 Å². The first-order valence-corrected chi connectivity index (χ1v) is 52.1. The molecule has 7 unspecified atom stereocenters. The molecule has 14 aromatic rings. The maximum atomic E-state index is 12.4. The Morgan fingerprint density at radius 3 is 0.820 bits per heavy atom. The summed E-state index contributed by atoms with van der Waals surface area (Å²) in [6.45, 7) is 6.69. The summed E-state index contributed by atoms with van der Waals surface area (Å²) in [5.74, 6) is -5.61. The second kappa shape index (κ2) is 51.1. The Kier molecular flexibility index (Phi) is 40.5. The van der Waals surface area contributed by atoms with E-state index < -0.39 is 95.0 Å². The Labute approximate surface area is 767 Å². The largest absolute Gasteiger partial charge is 0.410 e. The first-order valence-electron chi connectivity index (χ1n) is 40.4. The van der Waals surface area contributed by atoms with Gasteiger partial charge in [0.2, 0.25) is 0 Å². The highest BCUT2D eigenvalue weighted by Gasteiger charge is 2.33. The molecule has 28 nitrogen and oxygen atoms in total. The Hall–Kier alpha value is -13.0. The molecule has 0 aliphatic heterocycles. The molecule has 0 aromatic heterocycles. The second-order valence-electron chi connectivity index (χ2n) is 28.5. The number of benzene rings is 14. The maximum Gasteiger partial charge on any atom is 0.410 e. The summed E-state index contributed by atoms with van der Waals surface area (Å²) < 4.78 is 116. The normalized spacial score (nSPS) is 13.6. The zero-order valence-electron chi connectivity index (χ0n) is 71.8. The highest BCUT2D eigenvalue weighted by molar-refractivity contribution is 7.63. The average Bonchev–Trinajstić information content (AvgIpc) is 0.814. The number of carbonyl (C=O) groups is 7. The molecule has 0 saturated heterocycles. The van der Waals surface area contributed by atoms with Crippen LogP contribution in [0.4, 0.5) is 0 Å². The van der Waals surface area contributed by atoms with Gasteiger partial charge in [-0.1, -0.05) is 280 Å². The van der Waals surface area contributed by atoms with Crippen molar-refractivity contribution in [2.75, 3.05) is 12.8 Å². The molecule has 14 rings (SSSR count). The van der Waals surface area contributed by atoms with E-state index in [1.807, 2.05) is 61.5 Å². The molecule has 0 fully saturated rings. The van der Waals surface area contributed by atoms with E-state index in [9.17, 15) is 94.9 Å². The molecule has 7 N–H and O–H groups in total. The Morgan fingerprint density at radius 2 is 0.489 bits per heavy atom. The van der Waals surface area contributed by atoms with Crippen LogP contribution >= 0.6 is 53.2 Å². The zero-order valence-corrected chi connectivity index (χ0v) is 78.1. The Morgan fingerprint density at radius 1 is 0.233 bits per heavy atom. The highest BCUT2D eigenvalue weighted by Crippen LogP contribution is 2.47. The van der Waals surface area contributed by atoms with Gasteiger partial charge >= 0.3 is 95.0 Å². The van der Waals surface area contributed by atoms with Crippen LogP contribution in [0.2, 0.25) is 0 Å². The third-order valence-corrected chi connectivity index (χ3v) is 26.6. The lowest BCUT2D eigenvalue weighted by Gasteiger charge is -2.13. The minimum atomic E-state index is -4.23. The van der Waals surface area contributed by atoms with Crippen LogP contribution in [0.5, 0.6) is 0 Å². The van der Waals surface area contributed by atoms with Crippen LogP contribution in [0.1, 0.15) is 116 Å². The number of carbonyl (C=O) groups excluding carboxylic acids is 7. The van der Waals surface area contributed by atoms with Crippen LogP contribution in [0.25, 0.3) is 21.9 Å². The molecule has 14 aromatic carbocycles. The number of hydrogen-bond acceptors (Lipinski definition) is 21. The molecule has 35 heteroatoms. The van der Waals surface area contributed by atoms with Gasteiger partial charge in [-0.2, -0.15) is 0 Å². The number of aryl methyl sites for hydroxylation is 2. The molecule has 133 heavy (non-hydrogen) atoms. The molecule has 0 aliphatic rings. The van der Waals surface area contributed by atoms with E-state index in [0.29, 0.717) is 12.0 Å². The predicted octanol–water partition coefficient (Wildman–Crippen LogP) is 20.5. The van der Waals surface area contributed by atoms with E-state index >= 15 is 0 Å². The van der Waals surface area contributed by atoms with Gasteiger partial charge in [-0.25, -0.2) is 65.5 Å². The van der Waals surface area contributed by atoms with Crippen molar-refractivity contribution in [3.8, 4) is 11.1 Å². The summed E-state index contributed by atoms with van der Waals surface area (Å²) >= 11 is 0. The van der Waals surface area contributed by atoms with Gasteiger partial charge in [0.05, 0.1) is 71.6 Å². The van der Waals surface area contributed by atoms with E-state index in [2.05, 4.69) is 20.5 Å². The minimum absolute atomic E-state index is 0.0333. The summed E-state index contributed by atoms with van der Waals surface area (Å²) in [5.41, 5.74) is 5.42. The van der Waals surface area contributed by atoms with Gasteiger partial charge in [0.25, 0.3) is 0 Å². The van der Waals surface area contributed by atoms with Crippen molar-refractivity contribution in [2.45, 2.75) is 46.5 Å². The number of fused-ring (bicyclic) bond motifs is 1. The van der Waals surface area contributed by atoms with Crippen LogP contribution < -0.4 is 26.5 Å². The average molecular weight is 1940 g/mol. The minimum Gasteiger partial charge on any atom is -0.388 e. The first-order chi connectivity index (χ1) is 63.2. The molecule has 7 atom stereocenters. The molecule has 0 amide bonds. The van der Waals surface area contributed by atoms with Crippen LogP contribution in [0.15, 0.2) is 388 Å². The van der Waals surface area contributed by atoms with Crippen molar-refractivity contribution >= 4 is 132 Å². The van der Waals surface area contributed by atoms with E-state index in [1.54, 1.807) is 213 Å². The highest BCUT2D eigenvalue weighted by atomic mass is 31.2. The van der Waals surface area contributed by atoms with E-state index in [1.165, 1.54) is 127 Å². The van der Waals surface area contributed by atoms with Gasteiger partial charge in [0.15, 0.2) is 0 Å². The summed E-state index contributed by atoms with van der Waals surface area (Å²) in [5, 5.41) is 2.22. The van der Waals surface area contributed by atoms with Crippen molar-refractivity contribution < 1.29 is 131 Å². The van der Waals surface area contributed by atoms with Crippen molar-refractivity contribution in [1.29, 1.82) is 0 Å². The van der Waals surface area contributed by atoms with Crippen LogP contribution in [-0.4, -0.2) is 88.9 Å². The predicted molar refractivity (Wildman–Crippen MR) is 510 cm³/mol. The fourth-order valence-electron chi connectivity index (χ4n) is 11.3. The van der Waals surface area contributed by atoms with Crippen LogP contribution in [0.3, 0.4) is 0 Å². The second-order valence-corrected chi connectivity index (χ2v) is 40.9.